The Kier molecular flexibility index (Phi) is 8.77. The summed E-state index contributed by atoms with van der Waals surface area (Å²) in [6, 6.07) is 17.5. The van der Waals surface area contributed by atoms with Crippen LogP contribution in [0.4, 0.5) is 0 Å². The van der Waals surface area contributed by atoms with Gasteiger partial charge in [-0.2, -0.15) is 0 Å². The lowest BCUT2D eigenvalue weighted by atomic mass is 10.0. The van der Waals surface area contributed by atoms with Gasteiger partial charge in [0, 0.05) is 6.08 Å². The molecular weight excluding hydrogens is 464 g/mol. The molecule has 3 unspecified atom stereocenters. The van der Waals surface area contributed by atoms with E-state index in [-0.39, 0.29) is 6.61 Å². The van der Waals surface area contributed by atoms with E-state index in [2.05, 4.69) is 0 Å². The predicted octanol–water partition coefficient (Wildman–Crippen LogP) is 4.16. The van der Waals surface area contributed by atoms with Gasteiger partial charge in [-0.25, -0.2) is 4.79 Å². The number of hydrogen-bond donors (Lipinski definition) is 0. The predicted molar refractivity (Wildman–Crippen MR) is 131 cm³/mol. The minimum atomic E-state index is -0.802. The second-order valence-electron chi connectivity index (χ2n) is 9.07. The van der Waals surface area contributed by atoms with Crippen LogP contribution in [0.2, 0.25) is 0 Å². The van der Waals surface area contributed by atoms with Crippen molar-refractivity contribution in [2.75, 3.05) is 13.7 Å². The second kappa shape index (κ2) is 12.0. The Morgan fingerprint density at radius 1 is 1.03 bits per heavy atom. The second-order valence-corrected chi connectivity index (χ2v) is 9.07. The number of carbonyl (C=O) groups excluding carboxylic acids is 1. The first-order chi connectivity index (χ1) is 17.4. The van der Waals surface area contributed by atoms with E-state index in [0.29, 0.717) is 13.2 Å². The molecule has 5 atom stereocenters. The van der Waals surface area contributed by atoms with E-state index < -0.39 is 42.5 Å². The zero-order valence-corrected chi connectivity index (χ0v) is 21.1. The summed E-state index contributed by atoms with van der Waals surface area (Å²) in [5.41, 5.74) is 1.97. The number of esters is 1. The van der Waals surface area contributed by atoms with Crippen molar-refractivity contribution in [2.45, 2.75) is 70.5 Å². The summed E-state index contributed by atoms with van der Waals surface area (Å²) in [5.74, 6) is -0.481. The van der Waals surface area contributed by atoms with Crippen molar-refractivity contribution in [1.29, 1.82) is 0 Å². The van der Waals surface area contributed by atoms with E-state index in [9.17, 15) is 4.79 Å². The van der Waals surface area contributed by atoms with Gasteiger partial charge in [-0.1, -0.05) is 42.5 Å². The molecule has 2 fully saturated rings. The largest absolute Gasteiger partial charge is 0.497 e. The molecule has 2 saturated heterocycles. The molecule has 4 rings (SSSR count). The summed E-state index contributed by atoms with van der Waals surface area (Å²) in [6.45, 7) is 6.38. The van der Waals surface area contributed by atoms with Gasteiger partial charge in [0.25, 0.3) is 0 Å². The van der Waals surface area contributed by atoms with Crippen molar-refractivity contribution in [2.24, 2.45) is 0 Å². The van der Waals surface area contributed by atoms with Gasteiger partial charge >= 0.3 is 5.97 Å². The molecule has 0 bridgehead atoms. The molecule has 0 spiro atoms. The van der Waals surface area contributed by atoms with Crippen LogP contribution in [-0.4, -0.2) is 56.2 Å². The Bertz CT molecular complexity index is 1000. The summed E-state index contributed by atoms with van der Waals surface area (Å²) in [4.78, 5) is 12.1. The van der Waals surface area contributed by atoms with E-state index in [1.54, 1.807) is 20.1 Å². The minimum Gasteiger partial charge on any atom is -0.497 e. The van der Waals surface area contributed by atoms with Gasteiger partial charge in [-0.05, 0) is 50.1 Å². The third kappa shape index (κ3) is 6.72. The first-order valence-electron chi connectivity index (χ1n) is 12.1. The zero-order valence-electron chi connectivity index (χ0n) is 21.1. The number of ether oxygens (including phenoxy) is 7. The minimum absolute atomic E-state index is 0.285. The topological polar surface area (TPSA) is 81.7 Å². The summed E-state index contributed by atoms with van der Waals surface area (Å²) in [5, 5.41) is 0. The Morgan fingerprint density at radius 3 is 2.44 bits per heavy atom. The first-order valence-corrected chi connectivity index (χ1v) is 12.1. The van der Waals surface area contributed by atoms with Crippen molar-refractivity contribution in [1.82, 2.24) is 0 Å². The van der Waals surface area contributed by atoms with Crippen LogP contribution in [0.3, 0.4) is 0 Å². The first kappa shape index (κ1) is 26.3. The highest BCUT2D eigenvalue weighted by molar-refractivity contribution is 5.81. The van der Waals surface area contributed by atoms with E-state index >= 15 is 0 Å². The molecule has 2 aliphatic heterocycles. The number of benzene rings is 2. The maximum absolute atomic E-state index is 12.1. The van der Waals surface area contributed by atoms with Crippen molar-refractivity contribution >= 4 is 5.97 Å². The molecule has 8 heteroatoms. The number of hydrogen-bond acceptors (Lipinski definition) is 8. The highest BCUT2D eigenvalue weighted by Gasteiger charge is 2.57. The van der Waals surface area contributed by atoms with Gasteiger partial charge in [-0.3, -0.25) is 0 Å². The fraction of sp³-hybridized carbons (Fsp3) is 0.464. The Hall–Kier alpha value is -2.75. The van der Waals surface area contributed by atoms with E-state index in [0.717, 1.165) is 16.9 Å². The molecule has 194 valence electrons. The Balaban J connectivity index is 1.54. The van der Waals surface area contributed by atoms with Crippen LogP contribution in [0, 0.1) is 0 Å². The van der Waals surface area contributed by atoms with Crippen molar-refractivity contribution < 1.29 is 38.0 Å². The maximum atomic E-state index is 12.1. The van der Waals surface area contributed by atoms with Crippen molar-refractivity contribution in [3.8, 4) is 5.75 Å². The van der Waals surface area contributed by atoms with Crippen LogP contribution >= 0.6 is 0 Å². The molecule has 36 heavy (non-hydrogen) atoms. The molecule has 8 nitrogen and oxygen atoms in total. The Labute approximate surface area is 212 Å². The van der Waals surface area contributed by atoms with Crippen LogP contribution in [0.15, 0.2) is 66.7 Å². The number of rotatable bonds is 11. The van der Waals surface area contributed by atoms with E-state index in [1.165, 1.54) is 6.08 Å². The van der Waals surface area contributed by atoms with E-state index in [1.807, 2.05) is 68.4 Å². The van der Waals surface area contributed by atoms with Gasteiger partial charge in [0.05, 0.1) is 26.9 Å². The van der Waals surface area contributed by atoms with Crippen molar-refractivity contribution in [3.63, 3.8) is 0 Å². The lowest BCUT2D eigenvalue weighted by molar-refractivity contribution is -0.230. The monoisotopic (exact) mass is 498 g/mol. The summed E-state index contributed by atoms with van der Waals surface area (Å²) >= 11 is 0. The van der Waals surface area contributed by atoms with E-state index in [4.69, 9.17) is 33.2 Å². The van der Waals surface area contributed by atoms with Gasteiger partial charge in [-0.15, -0.1) is 0 Å². The van der Waals surface area contributed by atoms with Crippen LogP contribution in [0.5, 0.6) is 5.75 Å². The standard InChI is InChI=1S/C28H34O8/c1-5-31-23(29)16-15-22(32-17-19-9-7-6-8-10-19)24-25(26-27(34-24)36-28(2,3)35-26)33-18-20-11-13-21(30-4)14-12-20/h6-16,22,24-27H,5,17-18H2,1-4H3/b16-15+/t22-,24-,25?,26?,27?/m1/s1. The maximum Gasteiger partial charge on any atom is 0.330 e. The molecule has 0 aromatic heterocycles. The summed E-state index contributed by atoms with van der Waals surface area (Å²) < 4.78 is 41.3. The fourth-order valence-corrected chi connectivity index (χ4v) is 4.26. The molecule has 2 aromatic carbocycles. The normalized spacial score (nSPS) is 25.6. The van der Waals surface area contributed by atoms with Crippen molar-refractivity contribution in [3.05, 3.63) is 77.9 Å². The lowest BCUT2D eigenvalue weighted by Crippen LogP contribution is -2.43. The number of carbonyl (C=O) groups is 1. The van der Waals surface area contributed by atoms with Crippen LogP contribution < -0.4 is 4.74 Å². The zero-order chi connectivity index (χ0) is 25.5. The van der Waals surface area contributed by atoms with Gasteiger partial charge in [0.2, 0.25) is 0 Å². The summed E-state index contributed by atoms with van der Waals surface area (Å²) in [6.07, 6.45) is 0.239. The average molecular weight is 499 g/mol. The molecule has 2 heterocycles. The van der Waals surface area contributed by atoms with Crippen LogP contribution in [-0.2, 0) is 46.4 Å². The molecule has 2 aliphatic rings. The molecule has 0 aliphatic carbocycles. The quantitative estimate of drug-likeness (QED) is 0.338. The molecule has 0 N–H and O–H groups in total. The molecule has 0 radical (unpaired) electrons. The van der Waals surface area contributed by atoms with Gasteiger partial charge < -0.3 is 33.2 Å². The third-order valence-corrected chi connectivity index (χ3v) is 5.95. The summed E-state index contributed by atoms with van der Waals surface area (Å²) in [7, 11) is 1.63. The fourth-order valence-electron chi connectivity index (χ4n) is 4.26. The highest BCUT2D eigenvalue weighted by Crippen LogP contribution is 2.40. The molecule has 2 aromatic rings. The van der Waals surface area contributed by atoms with Crippen LogP contribution in [0.1, 0.15) is 31.9 Å². The molecule has 0 saturated carbocycles. The number of fused-ring (bicyclic) bond motifs is 1. The average Bonchev–Trinajstić information content (AvgIpc) is 3.35. The van der Waals surface area contributed by atoms with Gasteiger partial charge in [0.15, 0.2) is 12.1 Å². The lowest BCUT2D eigenvalue weighted by Gasteiger charge is -2.30. The highest BCUT2D eigenvalue weighted by atomic mass is 16.8. The van der Waals surface area contributed by atoms with Gasteiger partial charge in [0.1, 0.15) is 30.2 Å². The molecular formula is C28H34O8. The molecule has 0 amide bonds. The Morgan fingerprint density at radius 2 is 1.75 bits per heavy atom. The third-order valence-electron chi connectivity index (χ3n) is 5.95. The smallest absolute Gasteiger partial charge is 0.330 e. The van der Waals surface area contributed by atoms with Crippen LogP contribution in [0.25, 0.3) is 0 Å². The SMILES string of the molecule is CCOC(=O)/C=C/[C@@H](OCc1ccccc1)[C@H]1OC2OC(C)(C)OC2C1OCc1ccc(OC)cc1. The number of methoxy groups -OCH3 is 1.